The first-order valence-electron chi connectivity index (χ1n) is 20.7. The minimum absolute atomic E-state index is 0.00648. The Kier molecular flexibility index (Phi) is 13.1. The Bertz CT molecular complexity index is 1470. The molecule has 14 nitrogen and oxygen atoms in total. The van der Waals surface area contributed by atoms with Gasteiger partial charge in [-0.15, -0.1) is 0 Å². The number of carbonyl (C=O) groups is 1. The molecule has 2 heterocycles. The fourth-order valence-electron chi connectivity index (χ4n) is 12.1. The van der Waals surface area contributed by atoms with E-state index in [4.69, 9.17) is 18.9 Å². The number of rotatable bonds is 12. The minimum atomic E-state index is -1.68. The molecule has 2 saturated heterocycles. The van der Waals surface area contributed by atoms with E-state index >= 15 is 0 Å². The number of fused-ring (bicyclic) bond motifs is 5. The summed E-state index contributed by atoms with van der Waals surface area (Å²) in [5.41, 5.74) is 0.883. The first kappa shape index (κ1) is 44.2. The van der Waals surface area contributed by atoms with Crippen molar-refractivity contribution in [2.75, 3.05) is 26.4 Å². The zero-order valence-electron chi connectivity index (χ0n) is 33.9. The van der Waals surface area contributed by atoms with Gasteiger partial charge in [0.1, 0.15) is 54.6 Å². The Labute approximate surface area is 330 Å². The highest BCUT2D eigenvalue weighted by Gasteiger charge is 2.70. The van der Waals surface area contributed by atoms with E-state index < -0.39 is 86.1 Å². The maximum absolute atomic E-state index is 14.5. The SMILES string of the molecule is C[C@H](CC/C=C(\CO)CO[C@@H]1O[C@H](CO[C@@H]2O[C@H](CO)[C@@H](O)[C@H](O)[C@H]2O)[C@@H](O)[C@H](O)[C@H]1O)[C@H]1CC[C@@]2(C)[C@@H]3CC=C4[C@@H](CC[C@H](O)C4(C)C)[C@]3(C)C(=O)C[C@]12C. The Morgan fingerprint density at radius 1 is 0.839 bits per heavy atom. The minimum Gasteiger partial charge on any atom is -0.394 e. The van der Waals surface area contributed by atoms with Crippen molar-refractivity contribution in [3.63, 3.8) is 0 Å². The third-order valence-corrected chi connectivity index (χ3v) is 16.0. The van der Waals surface area contributed by atoms with Gasteiger partial charge < -0.3 is 64.9 Å². The highest BCUT2D eigenvalue weighted by molar-refractivity contribution is 5.88. The van der Waals surface area contributed by atoms with Crippen LogP contribution in [0.5, 0.6) is 0 Å². The normalized spacial score (nSPS) is 48.4. The van der Waals surface area contributed by atoms with Gasteiger partial charge in [0.15, 0.2) is 12.6 Å². The number of carbonyl (C=O) groups excluding carboxylic acids is 1. The fourth-order valence-corrected chi connectivity index (χ4v) is 12.1. The van der Waals surface area contributed by atoms with Gasteiger partial charge in [-0.05, 0) is 85.0 Å². The summed E-state index contributed by atoms with van der Waals surface area (Å²) in [7, 11) is 0. The van der Waals surface area contributed by atoms with E-state index in [1.165, 1.54) is 5.57 Å². The predicted molar refractivity (Wildman–Crippen MR) is 201 cm³/mol. The second kappa shape index (κ2) is 16.6. The molecule has 18 atom stereocenters. The van der Waals surface area contributed by atoms with Crippen LogP contribution in [0.15, 0.2) is 23.3 Å². The molecule has 5 fully saturated rings. The van der Waals surface area contributed by atoms with E-state index in [0.717, 1.165) is 38.5 Å². The van der Waals surface area contributed by atoms with Crippen molar-refractivity contribution in [3.05, 3.63) is 23.3 Å². The molecule has 4 aliphatic carbocycles. The van der Waals surface area contributed by atoms with Crippen LogP contribution in [0.3, 0.4) is 0 Å². The molecule has 0 bridgehead atoms. The Balaban J connectivity index is 1.05. The summed E-state index contributed by atoms with van der Waals surface area (Å²) in [6.07, 6.45) is -4.75. The van der Waals surface area contributed by atoms with Gasteiger partial charge in [0.2, 0.25) is 0 Å². The van der Waals surface area contributed by atoms with Crippen molar-refractivity contribution in [1.82, 2.24) is 0 Å². The molecule has 0 aromatic rings. The molecule has 3 saturated carbocycles. The number of hydrogen-bond acceptors (Lipinski definition) is 14. The van der Waals surface area contributed by atoms with Gasteiger partial charge in [-0.25, -0.2) is 0 Å². The molecular weight excluding hydrogens is 728 g/mol. The first-order valence-corrected chi connectivity index (χ1v) is 20.7. The quantitative estimate of drug-likeness (QED) is 0.126. The molecule has 0 aromatic heterocycles. The number of ketones is 1. The zero-order valence-corrected chi connectivity index (χ0v) is 33.9. The van der Waals surface area contributed by atoms with E-state index in [1.54, 1.807) is 0 Å². The van der Waals surface area contributed by atoms with Crippen LogP contribution >= 0.6 is 0 Å². The summed E-state index contributed by atoms with van der Waals surface area (Å²) in [4.78, 5) is 14.5. The first-order chi connectivity index (χ1) is 26.3. The zero-order chi connectivity index (χ0) is 41.1. The molecule has 9 N–H and O–H groups in total. The standard InChI is InChI=1S/C42H68O14/c1-21(23-14-15-40(4)28-12-10-24-25(11-13-29(45)39(24,2)3)42(28,6)30(46)16-41(23,40)5)8-7-9-22(17-43)19-53-37-36(52)34(50)32(48)27(56-37)20-54-38-35(51)33(49)31(47)26(18-44)55-38/h9-10,21,23,25-29,31-38,43-45,47-52H,7-8,11-20H2,1-6H3/b22-9+/t21-,23-,25-,26-,27-,28+,29+,31-,32-,33+,34+,35-,36-,37-,38-,40+,41-,42+/m1/s1. The molecule has 0 radical (unpaired) electrons. The molecule has 6 rings (SSSR count). The lowest BCUT2D eigenvalue weighted by molar-refractivity contribution is -0.330. The van der Waals surface area contributed by atoms with E-state index in [1.807, 2.05) is 6.08 Å². The summed E-state index contributed by atoms with van der Waals surface area (Å²) in [5.74, 6) is 1.43. The second-order valence-electron chi connectivity index (χ2n) is 19.1. The van der Waals surface area contributed by atoms with Gasteiger partial charge in [0, 0.05) is 17.3 Å². The molecule has 14 heteroatoms. The van der Waals surface area contributed by atoms with Gasteiger partial charge >= 0.3 is 0 Å². The monoisotopic (exact) mass is 796 g/mol. The molecule has 6 aliphatic rings. The average Bonchev–Trinajstić information content (AvgIpc) is 3.43. The molecule has 0 unspecified atom stereocenters. The van der Waals surface area contributed by atoms with Crippen LogP contribution in [-0.2, 0) is 23.7 Å². The van der Waals surface area contributed by atoms with Crippen molar-refractivity contribution >= 4 is 5.78 Å². The lowest BCUT2D eigenvalue weighted by Gasteiger charge is -2.64. The van der Waals surface area contributed by atoms with Crippen LogP contribution < -0.4 is 0 Å². The highest BCUT2D eigenvalue weighted by atomic mass is 16.7. The van der Waals surface area contributed by atoms with Gasteiger partial charge in [-0.1, -0.05) is 59.3 Å². The Morgan fingerprint density at radius 3 is 2.11 bits per heavy atom. The summed E-state index contributed by atoms with van der Waals surface area (Å²) in [6.45, 7) is 12.0. The predicted octanol–water partition coefficient (Wildman–Crippen LogP) is 1.11. The van der Waals surface area contributed by atoms with E-state index in [0.29, 0.717) is 36.0 Å². The summed E-state index contributed by atoms with van der Waals surface area (Å²) in [6, 6.07) is 0. The lowest BCUT2D eigenvalue weighted by Crippen LogP contribution is -2.63. The van der Waals surface area contributed by atoms with Crippen LogP contribution in [0, 0.1) is 45.3 Å². The van der Waals surface area contributed by atoms with Crippen molar-refractivity contribution in [2.45, 2.75) is 160 Å². The molecule has 0 amide bonds. The molecule has 320 valence electrons. The van der Waals surface area contributed by atoms with Crippen LogP contribution in [-0.4, -0.2) is 146 Å². The smallest absolute Gasteiger partial charge is 0.187 e. The van der Waals surface area contributed by atoms with E-state index in [2.05, 4.69) is 47.6 Å². The molecular formula is C42H68O14. The van der Waals surface area contributed by atoms with Crippen LogP contribution in [0.1, 0.15) is 92.9 Å². The number of allylic oxidation sites excluding steroid dienone is 2. The van der Waals surface area contributed by atoms with E-state index in [9.17, 15) is 50.8 Å². The van der Waals surface area contributed by atoms with Gasteiger partial charge in [-0.3, -0.25) is 4.79 Å². The number of ether oxygens (including phenoxy) is 4. The maximum atomic E-state index is 14.5. The van der Waals surface area contributed by atoms with Gasteiger partial charge in [0.05, 0.1) is 32.5 Å². The average molecular weight is 797 g/mol. The second-order valence-corrected chi connectivity index (χ2v) is 19.1. The summed E-state index contributed by atoms with van der Waals surface area (Å²) >= 11 is 0. The summed E-state index contributed by atoms with van der Waals surface area (Å²) < 4.78 is 22.3. The molecule has 2 aliphatic heterocycles. The topological polar surface area (TPSA) is 236 Å². The third kappa shape index (κ3) is 7.30. The Hall–Kier alpha value is -1.37. The van der Waals surface area contributed by atoms with Crippen molar-refractivity contribution in [3.8, 4) is 0 Å². The number of aliphatic hydroxyl groups excluding tert-OH is 9. The highest BCUT2D eigenvalue weighted by Crippen LogP contribution is 2.74. The molecule has 0 spiro atoms. The number of aliphatic hydroxyl groups is 9. The maximum Gasteiger partial charge on any atom is 0.187 e. The fraction of sp³-hybridized carbons (Fsp3) is 0.881. The van der Waals surface area contributed by atoms with E-state index in [-0.39, 0.29) is 41.3 Å². The summed E-state index contributed by atoms with van der Waals surface area (Å²) in [5, 5.41) is 92.6. The Morgan fingerprint density at radius 2 is 1.46 bits per heavy atom. The molecule has 56 heavy (non-hydrogen) atoms. The molecule has 0 aromatic carbocycles. The van der Waals surface area contributed by atoms with Crippen LogP contribution in [0.2, 0.25) is 0 Å². The van der Waals surface area contributed by atoms with Crippen molar-refractivity contribution in [2.24, 2.45) is 45.3 Å². The largest absolute Gasteiger partial charge is 0.394 e. The van der Waals surface area contributed by atoms with Crippen molar-refractivity contribution in [1.29, 1.82) is 0 Å². The van der Waals surface area contributed by atoms with Crippen LogP contribution in [0.4, 0.5) is 0 Å². The van der Waals surface area contributed by atoms with Crippen LogP contribution in [0.25, 0.3) is 0 Å². The van der Waals surface area contributed by atoms with Crippen molar-refractivity contribution < 1.29 is 69.7 Å². The van der Waals surface area contributed by atoms with Gasteiger partial charge in [0.25, 0.3) is 0 Å². The number of hydrogen-bond donors (Lipinski definition) is 9. The number of Topliss-reactive ketones (excluding diaryl/α,β-unsaturated/α-hetero) is 1. The third-order valence-electron chi connectivity index (χ3n) is 16.0. The lowest BCUT2D eigenvalue weighted by atomic mass is 9.38. The van der Waals surface area contributed by atoms with Gasteiger partial charge in [-0.2, -0.15) is 0 Å².